The Morgan fingerprint density at radius 3 is 2.17 bits per heavy atom. The lowest BCUT2D eigenvalue weighted by Gasteiger charge is -2.36. The first-order chi connectivity index (χ1) is 16.9. The predicted molar refractivity (Wildman–Crippen MR) is 135 cm³/mol. The second-order valence-electron chi connectivity index (χ2n) is 8.97. The molecule has 0 radical (unpaired) electrons. The second kappa shape index (κ2) is 8.91. The molecule has 1 fully saturated rings. The number of hydrogen-bond donors (Lipinski definition) is 0. The Bertz CT molecular complexity index is 1320. The summed E-state index contributed by atoms with van der Waals surface area (Å²) in [5.74, 6) is -0.0700. The van der Waals surface area contributed by atoms with Gasteiger partial charge >= 0.3 is 0 Å². The van der Waals surface area contributed by atoms with Gasteiger partial charge in [0, 0.05) is 37.4 Å². The molecule has 7 heteroatoms. The van der Waals surface area contributed by atoms with Crippen molar-refractivity contribution in [3.8, 4) is 5.75 Å². The second-order valence-corrected chi connectivity index (χ2v) is 8.97. The fourth-order valence-corrected chi connectivity index (χ4v) is 4.70. The van der Waals surface area contributed by atoms with Gasteiger partial charge in [0.05, 0.1) is 23.9 Å². The Balaban J connectivity index is 1.32. The summed E-state index contributed by atoms with van der Waals surface area (Å²) in [4.78, 5) is 44.8. The molecule has 0 unspecified atom stereocenters. The van der Waals surface area contributed by atoms with Gasteiger partial charge in [-0.2, -0.15) is 0 Å². The van der Waals surface area contributed by atoms with Gasteiger partial charge < -0.3 is 14.5 Å². The summed E-state index contributed by atoms with van der Waals surface area (Å²) in [7, 11) is 1.64. The van der Waals surface area contributed by atoms with Crippen molar-refractivity contribution in [2.75, 3.05) is 43.1 Å². The third-order valence-electron chi connectivity index (χ3n) is 6.74. The lowest BCUT2D eigenvalue weighted by atomic mass is 10.0. The van der Waals surface area contributed by atoms with E-state index in [2.05, 4.69) is 4.90 Å². The summed E-state index contributed by atoms with van der Waals surface area (Å²) in [6.07, 6.45) is 0. The van der Waals surface area contributed by atoms with Gasteiger partial charge in [-0.15, -0.1) is 0 Å². The van der Waals surface area contributed by atoms with Gasteiger partial charge in [0.2, 0.25) is 0 Å². The lowest BCUT2D eigenvalue weighted by Crippen LogP contribution is -2.48. The zero-order chi connectivity index (χ0) is 24.7. The number of benzene rings is 3. The Labute approximate surface area is 204 Å². The van der Waals surface area contributed by atoms with Crippen LogP contribution in [-0.2, 0) is 0 Å². The SMILES string of the molecule is COc1ccc(N2CCN(C(=O)c3ccc4c(c3)C(=O)N(c3cc(C)ccc3C)C4=O)CC2)cc1. The maximum absolute atomic E-state index is 13.2. The minimum Gasteiger partial charge on any atom is -0.497 e. The number of anilines is 2. The van der Waals surface area contributed by atoms with E-state index in [9.17, 15) is 14.4 Å². The average molecular weight is 470 g/mol. The number of fused-ring (bicyclic) bond motifs is 1. The zero-order valence-corrected chi connectivity index (χ0v) is 20.1. The van der Waals surface area contributed by atoms with E-state index in [4.69, 9.17) is 4.74 Å². The summed E-state index contributed by atoms with van der Waals surface area (Å²) in [6, 6.07) is 18.4. The first kappa shape index (κ1) is 22.7. The molecule has 1 saturated heterocycles. The minimum absolute atomic E-state index is 0.132. The molecule has 3 amide bonds. The maximum Gasteiger partial charge on any atom is 0.266 e. The van der Waals surface area contributed by atoms with Gasteiger partial charge in [-0.3, -0.25) is 14.4 Å². The number of aryl methyl sites for hydroxylation is 2. The summed E-state index contributed by atoms with van der Waals surface area (Å²) < 4.78 is 5.22. The van der Waals surface area contributed by atoms with Crippen LogP contribution in [-0.4, -0.2) is 55.9 Å². The molecule has 0 atom stereocenters. The van der Waals surface area contributed by atoms with Crippen molar-refractivity contribution >= 4 is 29.1 Å². The highest BCUT2D eigenvalue weighted by Crippen LogP contribution is 2.32. The van der Waals surface area contributed by atoms with Crippen molar-refractivity contribution in [1.82, 2.24) is 4.90 Å². The molecule has 5 rings (SSSR count). The molecular weight excluding hydrogens is 442 g/mol. The van der Waals surface area contributed by atoms with Crippen molar-refractivity contribution in [3.63, 3.8) is 0 Å². The number of nitrogens with zero attached hydrogens (tertiary/aromatic N) is 3. The van der Waals surface area contributed by atoms with Gasteiger partial charge in [0.15, 0.2) is 0 Å². The molecule has 0 bridgehead atoms. The fraction of sp³-hybridized carbons (Fsp3) is 0.250. The highest BCUT2D eigenvalue weighted by atomic mass is 16.5. The van der Waals surface area contributed by atoms with Crippen molar-refractivity contribution in [3.05, 3.63) is 88.5 Å². The maximum atomic E-state index is 13.2. The summed E-state index contributed by atoms with van der Waals surface area (Å²) in [5, 5.41) is 0. The first-order valence-electron chi connectivity index (χ1n) is 11.7. The molecule has 2 aliphatic rings. The number of methoxy groups -OCH3 is 1. The van der Waals surface area contributed by atoms with E-state index in [1.165, 1.54) is 4.90 Å². The molecule has 3 aromatic rings. The van der Waals surface area contributed by atoms with Gasteiger partial charge in [0.1, 0.15) is 5.75 Å². The number of rotatable bonds is 4. The molecule has 0 spiro atoms. The highest BCUT2D eigenvalue weighted by molar-refractivity contribution is 6.35. The third kappa shape index (κ3) is 4.03. The largest absolute Gasteiger partial charge is 0.497 e. The van der Waals surface area contributed by atoms with E-state index in [0.29, 0.717) is 43.0 Å². The van der Waals surface area contributed by atoms with E-state index in [-0.39, 0.29) is 17.4 Å². The molecule has 0 saturated carbocycles. The van der Waals surface area contributed by atoms with E-state index >= 15 is 0 Å². The summed E-state index contributed by atoms with van der Waals surface area (Å²) in [6.45, 7) is 6.36. The van der Waals surface area contributed by atoms with Crippen LogP contribution >= 0.6 is 0 Å². The molecule has 2 heterocycles. The number of hydrogen-bond acceptors (Lipinski definition) is 5. The molecular formula is C28H27N3O4. The van der Waals surface area contributed by atoms with Crippen molar-refractivity contribution in [2.24, 2.45) is 0 Å². The zero-order valence-electron chi connectivity index (χ0n) is 20.1. The fourth-order valence-electron chi connectivity index (χ4n) is 4.70. The molecule has 0 aliphatic carbocycles. The third-order valence-corrected chi connectivity index (χ3v) is 6.74. The number of carbonyl (C=O) groups is 3. The molecule has 178 valence electrons. The monoisotopic (exact) mass is 469 g/mol. The normalized spacial score (nSPS) is 15.5. The predicted octanol–water partition coefficient (Wildman–Crippen LogP) is 4.08. The van der Waals surface area contributed by atoms with Crippen LogP contribution in [0.15, 0.2) is 60.7 Å². The molecule has 0 N–H and O–H groups in total. The molecule has 7 nitrogen and oxygen atoms in total. The molecule has 0 aromatic heterocycles. The summed E-state index contributed by atoms with van der Waals surface area (Å²) in [5.41, 5.74) is 4.51. The number of amides is 3. The smallest absolute Gasteiger partial charge is 0.266 e. The Kier molecular flexibility index (Phi) is 5.76. The van der Waals surface area contributed by atoms with Crippen LogP contribution in [0.3, 0.4) is 0 Å². The quantitative estimate of drug-likeness (QED) is 0.539. The standard InChI is InChI=1S/C28H27N3O4/c1-18-4-5-19(2)25(16-18)31-27(33)23-11-6-20(17-24(23)28(31)34)26(32)30-14-12-29(13-15-30)21-7-9-22(35-3)10-8-21/h4-11,16-17H,12-15H2,1-3H3. The van der Waals surface area contributed by atoms with Crippen LogP contribution < -0.4 is 14.5 Å². The molecule has 35 heavy (non-hydrogen) atoms. The van der Waals surface area contributed by atoms with Gasteiger partial charge in [-0.05, 0) is 73.5 Å². The topological polar surface area (TPSA) is 70.2 Å². The van der Waals surface area contributed by atoms with Crippen LogP contribution in [0.25, 0.3) is 0 Å². The van der Waals surface area contributed by atoms with E-state index in [0.717, 1.165) is 22.6 Å². The first-order valence-corrected chi connectivity index (χ1v) is 11.7. The van der Waals surface area contributed by atoms with Crippen LogP contribution in [0, 0.1) is 13.8 Å². The average Bonchev–Trinajstić information content (AvgIpc) is 3.14. The van der Waals surface area contributed by atoms with E-state index in [1.54, 1.807) is 30.2 Å². The van der Waals surface area contributed by atoms with Crippen LogP contribution in [0.4, 0.5) is 11.4 Å². The Morgan fingerprint density at radius 2 is 1.49 bits per heavy atom. The van der Waals surface area contributed by atoms with Gasteiger partial charge in [0.25, 0.3) is 17.7 Å². The Morgan fingerprint density at radius 1 is 0.800 bits per heavy atom. The van der Waals surface area contributed by atoms with Crippen molar-refractivity contribution < 1.29 is 19.1 Å². The van der Waals surface area contributed by atoms with E-state index in [1.807, 2.05) is 56.3 Å². The van der Waals surface area contributed by atoms with Crippen LogP contribution in [0.5, 0.6) is 5.75 Å². The van der Waals surface area contributed by atoms with Gasteiger partial charge in [-0.1, -0.05) is 12.1 Å². The Hall–Kier alpha value is -4.13. The van der Waals surface area contributed by atoms with Crippen LogP contribution in [0.2, 0.25) is 0 Å². The van der Waals surface area contributed by atoms with Crippen LogP contribution in [0.1, 0.15) is 42.2 Å². The van der Waals surface area contributed by atoms with Gasteiger partial charge in [-0.25, -0.2) is 4.90 Å². The van der Waals surface area contributed by atoms with Crippen molar-refractivity contribution in [1.29, 1.82) is 0 Å². The lowest BCUT2D eigenvalue weighted by molar-refractivity contribution is 0.0746. The van der Waals surface area contributed by atoms with Crippen molar-refractivity contribution in [2.45, 2.75) is 13.8 Å². The molecule has 2 aliphatic heterocycles. The minimum atomic E-state index is -0.391. The highest BCUT2D eigenvalue weighted by Gasteiger charge is 2.38. The number of imide groups is 1. The number of piperazine rings is 1. The number of carbonyl (C=O) groups excluding carboxylic acids is 3. The van der Waals surface area contributed by atoms with E-state index < -0.39 is 5.91 Å². The summed E-state index contributed by atoms with van der Waals surface area (Å²) >= 11 is 0. The number of ether oxygens (including phenoxy) is 1. The molecule has 3 aromatic carbocycles.